The fourth-order valence-corrected chi connectivity index (χ4v) is 2.56. The topological polar surface area (TPSA) is 61.8 Å². The van der Waals surface area contributed by atoms with Crippen molar-refractivity contribution in [2.75, 3.05) is 26.9 Å². The number of rotatable bonds is 14. The van der Waals surface area contributed by atoms with Gasteiger partial charge in [-0.3, -0.25) is 0 Å². The van der Waals surface area contributed by atoms with E-state index in [0.29, 0.717) is 24.3 Å². The Labute approximate surface area is 157 Å². The molecule has 0 radical (unpaired) electrons. The Morgan fingerprint density at radius 1 is 0.769 bits per heavy atom. The van der Waals surface area contributed by atoms with Gasteiger partial charge >= 0.3 is 11.9 Å². The van der Waals surface area contributed by atoms with Gasteiger partial charge in [0.1, 0.15) is 6.61 Å². The van der Waals surface area contributed by atoms with Crippen LogP contribution in [0.3, 0.4) is 0 Å². The standard InChI is InChI=1S/C21H32O5/c1-3-4-5-6-7-8-9-10-14-25-20(22)18-12-11-13-19(17-18)21(23)26-16-15-24-2/h11-13,17H,3-10,14-16H2,1-2H3. The molecule has 0 N–H and O–H groups in total. The second kappa shape index (κ2) is 14.3. The third kappa shape index (κ3) is 9.56. The molecule has 1 aromatic rings. The van der Waals surface area contributed by atoms with Crippen LogP contribution in [0.1, 0.15) is 79.0 Å². The molecule has 0 fully saturated rings. The summed E-state index contributed by atoms with van der Waals surface area (Å²) in [6.07, 6.45) is 9.57. The Balaban J connectivity index is 2.26. The van der Waals surface area contributed by atoms with Crippen molar-refractivity contribution in [3.05, 3.63) is 35.4 Å². The quantitative estimate of drug-likeness (QED) is 0.351. The molecular formula is C21H32O5. The van der Waals surface area contributed by atoms with E-state index in [1.807, 2.05) is 0 Å². The highest BCUT2D eigenvalue weighted by atomic mass is 16.6. The second-order valence-electron chi connectivity index (χ2n) is 6.32. The first-order chi connectivity index (χ1) is 12.7. The molecule has 0 saturated heterocycles. The van der Waals surface area contributed by atoms with Crippen LogP contribution in [0, 0.1) is 0 Å². The molecule has 0 aliphatic heterocycles. The third-order valence-electron chi connectivity index (χ3n) is 4.09. The summed E-state index contributed by atoms with van der Waals surface area (Å²) in [5.41, 5.74) is 0.702. The van der Waals surface area contributed by atoms with Crippen molar-refractivity contribution in [2.45, 2.75) is 58.3 Å². The first kappa shape index (κ1) is 22.2. The van der Waals surface area contributed by atoms with Crippen molar-refractivity contribution in [2.24, 2.45) is 0 Å². The number of esters is 2. The molecule has 0 amide bonds. The Morgan fingerprint density at radius 3 is 1.88 bits per heavy atom. The van der Waals surface area contributed by atoms with E-state index >= 15 is 0 Å². The molecule has 0 atom stereocenters. The van der Waals surface area contributed by atoms with Crippen LogP contribution in [0.15, 0.2) is 24.3 Å². The van der Waals surface area contributed by atoms with Gasteiger partial charge in [0.25, 0.3) is 0 Å². The van der Waals surface area contributed by atoms with E-state index in [-0.39, 0.29) is 6.61 Å². The first-order valence-corrected chi connectivity index (χ1v) is 9.62. The number of hydrogen-bond acceptors (Lipinski definition) is 5. The predicted molar refractivity (Wildman–Crippen MR) is 101 cm³/mol. The van der Waals surface area contributed by atoms with Crippen molar-refractivity contribution in [1.29, 1.82) is 0 Å². The normalized spacial score (nSPS) is 10.5. The largest absolute Gasteiger partial charge is 0.462 e. The van der Waals surface area contributed by atoms with E-state index in [9.17, 15) is 9.59 Å². The zero-order valence-corrected chi connectivity index (χ0v) is 16.1. The van der Waals surface area contributed by atoms with Gasteiger partial charge in [0, 0.05) is 7.11 Å². The first-order valence-electron chi connectivity index (χ1n) is 9.62. The third-order valence-corrected chi connectivity index (χ3v) is 4.09. The molecule has 0 bridgehead atoms. The van der Waals surface area contributed by atoms with Gasteiger partial charge in [0.15, 0.2) is 0 Å². The molecule has 0 spiro atoms. The van der Waals surface area contributed by atoms with Crippen molar-refractivity contribution in [1.82, 2.24) is 0 Å². The molecule has 1 rings (SSSR count). The number of unbranched alkanes of at least 4 members (excludes halogenated alkanes) is 7. The minimum Gasteiger partial charge on any atom is -0.462 e. The Kier molecular flexibility index (Phi) is 12.2. The lowest BCUT2D eigenvalue weighted by atomic mass is 10.1. The number of carbonyl (C=O) groups is 2. The summed E-state index contributed by atoms with van der Waals surface area (Å²) in [6.45, 7) is 3.15. The van der Waals surface area contributed by atoms with Gasteiger partial charge in [-0.15, -0.1) is 0 Å². The summed E-state index contributed by atoms with van der Waals surface area (Å²) in [7, 11) is 1.54. The molecule has 146 valence electrons. The Bertz CT molecular complexity index is 527. The molecule has 0 unspecified atom stereocenters. The zero-order chi connectivity index (χ0) is 19.0. The number of benzene rings is 1. The molecule has 5 nitrogen and oxygen atoms in total. The molecule has 0 saturated carbocycles. The molecule has 5 heteroatoms. The maximum absolute atomic E-state index is 12.1. The van der Waals surface area contributed by atoms with Crippen LogP contribution < -0.4 is 0 Å². The number of ether oxygens (including phenoxy) is 3. The van der Waals surface area contributed by atoms with Gasteiger partial charge in [-0.05, 0) is 24.6 Å². The Morgan fingerprint density at radius 2 is 1.31 bits per heavy atom. The molecule has 0 aromatic heterocycles. The molecule has 0 aliphatic carbocycles. The highest BCUT2D eigenvalue weighted by Gasteiger charge is 2.12. The van der Waals surface area contributed by atoms with Crippen molar-refractivity contribution in [3.8, 4) is 0 Å². The minimum atomic E-state index is -0.472. The van der Waals surface area contributed by atoms with Crippen LogP contribution in [0.5, 0.6) is 0 Å². The molecule has 1 aromatic carbocycles. The maximum atomic E-state index is 12.1. The smallest absolute Gasteiger partial charge is 0.338 e. The van der Waals surface area contributed by atoms with Crippen LogP contribution in [0.25, 0.3) is 0 Å². The van der Waals surface area contributed by atoms with Gasteiger partial charge in [-0.25, -0.2) is 9.59 Å². The van der Waals surface area contributed by atoms with Gasteiger partial charge in [-0.1, -0.05) is 57.9 Å². The zero-order valence-electron chi connectivity index (χ0n) is 16.1. The Hall–Kier alpha value is -1.88. The predicted octanol–water partition coefficient (Wildman–Crippen LogP) is 4.79. The van der Waals surface area contributed by atoms with E-state index in [4.69, 9.17) is 14.2 Å². The van der Waals surface area contributed by atoms with Gasteiger partial charge in [0.2, 0.25) is 0 Å². The summed E-state index contributed by atoms with van der Waals surface area (Å²) in [4.78, 5) is 24.0. The van der Waals surface area contributed by atoms with E-state index in [1.54, 1.807) is 18.2 Å². The van der Waals surface area contributed by atoms with Gasteiger partial charge in [-0.2, -0.15) is 0 Å². The fourth-order valence-electron chi connectivity index (χ4n) is 2.56. The van der Waals surface area contributed by atoms with Crippen LogP contribution in [-0.2, 0) is 14.2 Å². The molecule has 26 heavy (non-hydrogen) atoms. The van der Waals surface area contributed by atoms with Crippen LogP contribution in [-0.4, -0.2) is 38.9 Å². The highest BCUT2D eigenvalue weighted by molar-refractivity contribution is 5.95. The number of methoxy groups -OCH3 is 1. The molecule has 0 heterocycles. The maximum Gasteiger partial charge on any atom is 0.338 e. The lowest BCUT2D eigenvalue weighted by molar-refractivity contribution is 0.0388. The highest BCUT2D eigenvalue weighted by Crippen LogP contribution is 2.11. The summed E-state index contributed by atoms with van der Waals surface area (Å²) < 4.78 is 15.2. The van der Waals surface area contributed by atoms with Gasteiger partial charge < -0.3 is 14.2 Å². The van der Waals surface area contributed by atoms with E-state index < -0.39 is 11.9 Å². The lowest BCUT2D eigenvalue weighted by Gasteiger charge is -2.07. The fraction of sp³-hybridized carbons (Fsp3) is 0.619. The van der Waals surface area contributed by atoms with Crippen molar-refractivity contribution < 1.29 is 23.8 Å². The van der Waals surface area contributed by atoms with Crippen LogP contribution in [0.2, 0.25) is 0 Å². The van der Waals surface area contributed by atoms with Crippen molar-refractivity contribution >= 4 is 11.9 Å². The average Bonchev–Trinajstić information content (AvgIpc) is 2.66. The molecular weight excluding hydrogens is 332 g/mol. The average molecular weight is 364 g/mol. The van der Waals surface area contributed by atoms with E-state index in [2.05, 4.69) is 6.92 Å². The minimum absolute atomic E-state index is 0.183. The second-order valence-corrected chi connectivity index (χ2v) is 6.32. The van der Waals surface area contributed by atoms with Crippen LogP contribution in [0.4, 0.5) is 0 Å². The monoisotopic (exact) mass is 364 g/mol. The number of carbonyl (C=O) groups excluding carboxylic acids is 2. The number of hydrogen-bond donors (Lipinski definition) is 0. The summed E-state index contributed by atoms with van der Waals surface area (Å²) in [5, 5.41) is 0. The summed E-state index contributed by atoms with van der Waals surface area (Å²) in [6, 6.07) is 6.41. The van der Waals surface area contributed by atoms with Crippen LogP contribution >= 0.6 is 0 Å². The summed E-state index contributed by atoms with van der Waals surface area (Å²) in [5.74, 6) is -0.876. The van der Waals surface area contributed by atoms with Gasteiger partial charge in [0.05, 0.1) is 24.3 Å². The molecule has 0 aliphatic rings. The lowest BCUT2D eigenvalue weighted by Crippen LogP contribution is -2.12. The summed E-state index contributed by atoms with van der Waals surface area (Å²) >= 11 is 0. The SMILES string of the molecule is CCCCCCCCCCOC(=O)c1cccc(C(=O)OCCOC)c1. The van der Waals surface area contributed by atoms with Crippen molar-refractivity contribution in [3.63, 3.8) is 0 Å². The van der Waals surface area contributed by atoms with E-state index in [1.165, 1.54) is 51.7 Å². The van der Waals surface area contributed by atoms with E-state index in [0.717, 1.165) is 12.8 Å².